The highest BCUT2D eigenvalue weighted by atomic mass is 16.6. The molecule has 0 aromatic rings. The lowest BCUT2D eigenvalue weighted by atomic mass is 9.91. The van der Waals surface area contributed by atoms with E-state index in [4.69, 9.17) is 10.5 Å². The quantitative estimate of drug-likeness (QED) is 0.814. The Labute approximate surface area is 127 Å². The molecule has 2 aliphatic carbocycles. The van der Waals surface area contributed by atoms with Gasteiger partial charge in [0.1, 0.15) is 5.60 Å². The van der Waals surface area contributed by atoms with E-state index in [1.807, 2.05) is 25.7 Å². The molecule has 0 bridgehead atoms. The number of nitrogens with two attached hydrogens (primary N) is 1. The highest BCUT2D eigenvalue weighted by Gasteiger charge is 2.57. The summed E-state index contributed by atoms with van der Waals surface area (Å²) in [4.78, 5) is 13.9. The van der Waals surface area contributed by atoms with Gasteiger partial charge in [-0.2, -0.15) is 0 Å². The molecule has 0 aromatic heterocycles. The van der Waals surface area contributed by atoms with Crippen molar-refractivity contribution >= 4 is 6.09 Å². The number of piperidine rings is 1. The molecule has 21 heavy (non-hydrogen) atoms. The molecule has 1 aliphatic heterocycles. The Morgan fingerprint density at radius 3 is 2.48 bits per heavy atom. The molecule has 3 rings (SSSR count). The minimum absolute atomic E-state index is 0.159. The summed E-state index contributed by atoms with van der Waals surface area (Å²) >= 11 is 0. The number of fused-ring (bicyclic) bond motifs is 1. The molecule has 1 amide bonds. The molecule has 0 aromatic carbocycles. The molecule has 3 N–H and O–H groups in total. The predicted octanol–water partition coefficient (Wildman–Crippen LogP) is 1.71. The average molecular weight is 295 g/mol. The molecule has 4 unspecified atom stereocenters. The highest BCUT2D eigenvalue weighted by Crippen LogP contribution is 2.46. The summed E-state index contributed by atoms with van der Waals surface area (Å²) in [6, 6.07) is 1.55. The van der Waals surface area contributed by atoms with Crippen LogP contribution in [0.3, 0.4) is 0 Å². The monoisotopic (exact) mass is 295 g/mol. The molecule has 120 valence electrons. The van der Waals surface area contributed by atoms with Crippen LogP contribution in [0.4, 0.5) is 4.79 Å². The minimum atomic E-state index is -0.403. The van der Waals surface area contributed by atoms with Crippen LogP contribution >= 0.6 is 0 Å². The molecule has 0 spiro atoms. The van der Waals surface area contributed by atoms with Crippen molar-refractivity contribution in [1.29, 1.82) is 0 Å². The molecular formula is C16H29N3O2. The SMILES string of the molecule is CC(C)(C)OC(=O)N1CC2C(C1)C2NC1CCCC(N)C1. The average Bonchev–Trinajstić information content (AvgIpc) is 2.83. The predicted molar refractivity (Wildman–Crippen MR) is 81.9 cm³/mol. The van der Waals surface area contributed by atoms with E-state index in [2.05, 4.69) is 5.32 Å². The molecule has 5 heteroatoms. The summed E-state index contributed by atoms with van der Waals surface area (Å²) in [5.41, 5.74) is 5.65. The number of hydrogen-bond donors (Lipinski definition) is 2. The second kappa shape index (κ2) is 5.43. The van der Waals surface area contributed by atoms with Gasteiger partial charge in [0.25, 0.3) is 0 Å². The van der Waals surface area contributed by atoms with Crippen molar-refractivity contribution in [3.05, 3.63) is 0 Å². The van der Waals surface area contributed by atoms with Crippen LogP contribution in [0.1, 0.15) is 46.5 Å². The third kappa shape index (κ3) is 3.51. The van der Waals surface area contributed by atoms with Crippen molar-refractivity contribution in [1.82, 2.24) is 10.2 Å². The van der Waals surface area contributed by atoms with Gasteiger partial charge in [-0.05, 0) is 51.9 Å². The second-order valence-electron chi connectivity index (χ2n) is 8.03. The van der Waals surface area contributed by atoms with E-state index in [0.717, 1.165) is 19.5 Å². The Balaban J connectivity index is 1.43. The number of carbonyl (C=O) groups excluding carboxylic acids is 1. The van der Waals surface area contributed by atoms with Crippen LogP contribution in [-0.4, -0.2) is 47.8 Å². The van der Waals surface area contributed by atoms with Crippen LogP contribution < -0.4 is 11.1 Å². The zero-order valence-electron chi connectivity index (χ0n) is 13.5. The first-order chi connectivity index (χ1) is 9.83. The van der Waals surface area contributed by atoms with Crippen molar-refractivity contribution in [2.24, 2.45) is 17.6 Å². The Morgan fingerprint density at radius 2 is 1.90 bits per heavy atom. The second-order valence-corrected chi connectivity index (χ2v) is 8.03. The van der Waals surface area contributed by atoms with E-state index in [1.54, 1.807) is 0 Å². The molecule has 5 nitrogen and oxygen atoms in total. The fourth-order valence-corrected chi connectivity index (χ4v) is 3.90. The third-order valence-corrected chi connectivity index (χ3v) is 4.99. The molecule has 3 aliphatic rings. The van der Waals surface area contributed by atoms with Gasteiger partial charge in [0.05, 0.1) is 0 Å². The lowest BCUT2D eigenvalue weighted by molar-refractivity contribution is 0.0268. The van der Waals surface area contributed by atoms with Crippen LogP contribution in [0.25, 0.3) is 0 Å². The Kier molecular flexibility index (Phi) is 3.91. The third-order valence-electron chi connectivity index (χ3n) is 4.99. The first-order valence-electron chi connectivity index (χ1n) is 8.33. The van der Waals surface area contributed by atoms with Crippen LogP contribution in [0.15, 0.2) is 0 Å². The molecule has 3 fully saturated rings. The maximum Gasteiger partial charge on any atom is 0.410 e. The van der Waals surface area contributed by atoms with E-state index in [9.17, 15) is 4.79 Å². The summed E-state index contributed by atoms with van der Waals surface area (Å²) < 4.78 is 5.44. The van der Waals surface area contributed by atoms with Gasteiger partial charge in [-0.25, -0.2) is 4.79 Å². The van der Waals surface area contributed by atoms with Crippen molar-refractivity contribution in [2.45, 2.75) is 70.2 Å². The summed E-state index contributed by atoms with van der Waals surface area (Å²) in [5, 5.41) is 3.77. The van der Waals surface area contributed by atoms with Gasteiger partial charge in [0.2, 0.25) is 0 Å². The lowest BCUT2D eigenvalue weighted by Gasteiger charge is -2.29. The zero-order valence-corrected chi connectivity index (χ0v) is 13.5. The summed E-state index contributed by atoms with van der Waals surface area (Å²) in [6.45, 7) is 7.43. The number of amides is 1. The largest absolute Gasteiger partial charge is 0.444 e. The summed E-state index contributed by atoms with van der Waals surface area (Å²) in [7, 11) is 0. The first kappa shape index (κ1) is 15.1. The topological polar surface area (TPSA) is 67.6 Å². The van der Waals surface area contributed by atoms with E-state index in [-0.39, 0.29) is 6.09 Å². The Morgan fingerprint density at radius 1 is 1.24 bits per heavy atom. The van der Waals surface area contributed by atoms with E-state index in [1.165, 1.54) is 19.3 Å². The van der Waals surface area contributed by atoms with Crippen LogP contribution in [0, 0.1) is 11.8 Å². The highest BCUT2D eigenvalue weighted by molar-refractivity contribution is 5.69. The van der Waals surface area contributed by atoms with Gasteiger partial charge in [-0.3, -0.25) is 0 Å². The number of likely N-dealkylation sites (tertiary alicyclic amines) is 1. The zero-order chi connectivity index (χ0) is 15.2. The van der Waals surface area contributed by atoms with E-state index >= 15 is 0 Å². The molecule has 1 heterocycles. The fourth-order valence-electron chi connectivity index (χ4n) is 3.90. The van der Waals surface area contributed by atoms with Crippen molar-refractivity contribution in [2.75, 3.05) is 13.1 Å². The Hall–Kier alpha value is -0.810. The van der Waals surface area contributed by atoms with Crippen molar-refractivity contribution < 1.29 is 9.53 Å². The number of ether oxygens (including phenoxy) is 1. The summed E-state index contributed by atoms with van der Waals surface area (Å²) in [5.74, 6) is 1.24. The van der Waals surface area contributed by atoms with Gasteiger partial charge < -0.3 is 20.7 Å². The van der Waals surface area contributed by atoms with Gasteiger partial charge in [-0.1, -0.05) is 6.42 Å². The van der Waals surface area contributed by atoms with Gasteiger partial charge >= 0.3 is 6.09 Å². The number of rotatable bonds is 2. The number of nitrogens with zero attached hydrogens (tertiary/aromatic N) is 1. The van der Waals surface area contributed by atoms with Crippen molar-refractivity contribution in [3.63, 3.8) is 0 Å². The van der Waals surface area contributed by atoms with E-state index in [0.29, 0.717) is 30.0 Å². The van der Waals surface area contributed by atoms with E-state index < -0.39 is 5.60 Å². The van der Waals surface area contributed by atoms with Gasteiger partial charge in [-0.15, -0.1) is 0 Å². The maximum absolute atomic E-state index is 12.0. The first-order valence-corrected chi connectivity index (χ1v) is 8.33. The van der Waals surface area contributed by atoms with Crippen molar-refractivity contribution in [3.8, 4) is 0 Å². The normalized spacial score (nSPS) is 39.0. The minimum Gasteiger partial charge on any atom is -0.444 e. The molecule has 2 saturated carbocycles. The number of nitrogens with one attached hydrogen (secondary N) is 1. The molecule has 4 atom stereocenters. The van der Waals surface area contributed by atoms with Crippen LogP contribution in [0.5, 0.6) is 0 Å². The van der Waals surface area contributed by atoms with Gasteiger partial charge in [0, 0.05) is 31.2 Å². The smallest absolute Gasteiger partial charge is 0.410 e. The maximum atomic E-state index is 12.0. The molecule has 0 radical (unpaired) electrons. The van der Waals surface area contributed by atoms with Crippen LogP contribution in [-0.2, 0) is 4.74 Å². The lowest BCUT2D eigenvalue weighted by Crippen LogP contribution is -2.44. The van der Waals surface area contributed by atoms with Gasteiger partial charge in [0.15, 0.2) is 0 Å². The fraction of sp³-hybridized carbons (Fsp3) is 0.938. The summed E-state index contributed by atoms with van der Waals surface area (Å²) in [6.07, 6.45) is 4.60. The number of hydrogen-bond acceptors (Lipinski definition) is 4. The molecule has 1 saturated heterocycles. The standard InChI is InChI=1S/C16H29N3O2/c1-16(2,3)21-15(20)19-8-12-13(9-19)14(12)18-11-6-4-5-10(17)7-11/h10-14,18H,4-9,17H2,1-3H3. The number of carbonyl (C=O) groups is 1. The van der Waals surface area contributed by atoms with Crippen LogP contribution in [0.2, 0.25) is 0 Å². The Bertz CT molecular complexity index is 395. The molecular weight excluding hydrogens is 266 g/mol.